The zero-order valence-corrected chi connectivity index (χ0v) is 18.4. The Labute approximate surface area is 192 Å². The highest BCUT2D eigenvalue weighted by Gasteiger charge is 2.26. The summed E-state index contributed by atoms with van der Waals surface area (Å²) in [6.45, 7) is 4.63. The monoisotopic (exact) mass is 444 g/mol. The van der Waals surface area contributed by atoms with Gasteiger partial charge >= 0.3 is 6.03 Å². The predicted octanol–water partition coefficient (Wildman–Crippen LogP) is 5.56. The minimum Gasteiger partial charge on any atom is -0.454 e. The lowest BCUT2D eigenvalue weighted by atomic mass is 10.1. The number of amides is 2. The molecular formula is C26H25FN4O2. The van der Waals surface area contributed by atoms with Crippen molar-refractivity contribution < 1.29 is 13.9 Å². The zero-order valence-electron chi connectivity index (χ0n) is 18.4. The summed E-state index contributed by atoms with van der Waals surface area (Å²) in [6, 6.07) is 19.6. The number of nitrogens with zero attached hydrogens (tertiary/aromatic N) is 3. The number of nitrogens with one attached hydrogen (secondary N) is 1. The molecule has 2 heterocycles. The van der Waals surface area contributed by atoms with Gasteiger partial charge in [-0.25, -0.2) is 14.2 Å². The van der Waals surface area contributed by atoms with Crippen LogP contribution >= 0.6 is 0 Å². The largest absolute Gasteiger partial charge is 0.454 e. The van der Waals surface area contributed by atoms with Crippen LogP contribution in [0.1, 0.15) is 17.5 Å². The van der Waals surface area contributed by atoms with Gasteiger partial charge in [0.25, 0.3) is 0 Å². The molecule has 2 aliphatic heterocycles. The van der Waals surface area contributed by atoms with Crippen molar-refractivity contribution >= 4 is 23.2 Å². The zero-order chi connectivity index (χ0) is 22.8. The average Bonchev–Trinajstić information content (AvgIpc) is 3.15. The Bertz CT molecular complexity index is 1210. The standard InChI is InChI=1S/C26H25FN4O2/c1-18-7-12-22-24(17-18)33-23-6-3-2-5-21(23)25(29-22)30-13-4-14-31(16-15-30)26(32)28-20-10-8-19(27)9-11-20/h2-3,5-12,17H,4,13-16H2,1H3,(H,28,32). The Kier molecular flexibility index (Phi) is 5.69. The number of hydrogen-bond donors (Lipinski definition) is 1. The van der Waals surface area contributed by atoms with Gasteiger partial charge in [0.1, 0.15) is 23.1 Å². The number of urea groups is 1. The van der Waals surface area contributed by atoms with Gasteiger partial charge in [0, 0.05) is 31.9 Å². The molecule has 33 heavy (non-hydrogen) atoms. The van der Waals surface area contributed by atoms with Crippen LogP contribution in [-0.2, 0) is 0 Å². The number of amidine groups is 1. The number of carbonyl (C=O) groups is 1. The van der Waals surface area contributed by atoms with Gasteiger partial charge in [0.2, 0.25) is 0 Å². The van der Waals surface area contributed by atoms with E-state index < -0.39 is 0 Å². The van der Waals surface area contributed by atoms with E-state index >= 15 is 0 Å². The van der Waals surface area contributed by atoms with Crippen molar-refractivity contribution in [3.63, 3.8) is 0 Å². The minimum atomic E-state index is -0.330. The molecule has 2 amide bonds. The molecule has 0 atom stereocenters. The Balaban J connectivity index is 1.37. The number of aryl methyl sites for hydroxylation is 1. The third-order valence-electron chi connectivity index (χ3n) is 5.87. The van der Waals surface area contributed by atoms with Crippen LogP contribution in [0.5, 0.6) is 11.5 Å². The quantitative estimate of drug-likeness (QED) is 0.535. The number of ether oxygens (including phenoxy) is 1. The summed E-state index contributed by atoms with van der Waals surface area (Å²) in [7, 11) is 0. The predicted molar refractivity (Wildman–Crippen MR) is 127 cm³/mol. The van der Waals surface area contributed by atoms with Gasteiger partial charge in [-0.3, -0.25) is 0 Å². The first kappa shape index (κ1) is 21.0. The molecule has 5 rings (SSSR count). The second-order valence-electron chi connectivity index (χ2n) is 8.27. The van der Waals surface area contributed by atoms with Crippen LogP contribution in [0, 0.1) is 12.7 Å². The molecule has 168 valence electrons. The lowest BCUT2D eigenvalue weighted by Crippen LogP contribution is -2.39. The van der Waals surface area contributed by atoms with Crippen LogP contribution in [0.3, 0.4) is 0 Å². The molecule has 1 N–H and O–H groups in total. The van der Waals surface area contributed by atoms with Gasteiger partial charge in [-0.15, -0.1) is 0 Å². The van der Waals surface area contributed by atoms with E-state index in [9.17, 15) is 9.18 Å². The number of rotatable bonds is 1. The fourth-order valence-electron chi connectivity index (χ4n) is 4.14. The normalized spacial score (nSPS) is 15.4. The molecule has 1 saturated heterocycles. The number of para-hydroxylation sites is 1. The second-order valence-corrected chi connectivity index (χ2v) is 8.27. The van der Waals surface area contributed by atoms with Gasteiger partial charge < -0.3 is 19.9 Å². The highest BCUT2D eigenvalue weighted by atomic mass is 19.1. The third-order valence-corrected chi connectivity index (χ3v) is 5.87. The van der Waals surface area contributed by atoms with Crippen molar-refractivity contribution in [2.45, 2.75) is 13.3 Å². The number of benzene rings is 3. The van der Waals surface area contributed by atoms with Crippen LogP contribution in [-0.4, -0.2) is 47.8 Å². The van der Waals surface area contributed by atoms with Crippen molar-refractivity contribution in [1.29, 1.82) is 0 Å². The summed E-state index contributed by atoms with van der Waals surface area (Å²) in [5.41, 5.74) is 3.42. The summed E-state index contributed by atoms with van der Waals surface area (Å²) in [5, 5.41) is 2.86. The van der Waals surface area contributed by atoms with Gasteiger partial charge in [-0.05, 0) is 67.4 Å². The third kappa shape index (κ3) is 4.53. The molecule has 2 aliphatic rings. The maximum Gasteiger partial charge on any atom is 0.321 e. The first-order valence-corrected chi connectivity index (χ1v) is 11.1. The molecule has 0 saturated carbocycles. The number of anilines is 1. The van der Waals surface area contributed by atoms with E-state index in [2.05, 4.69) is 10.2 Å². The minimum absolute atomic E-state index is 0.184. The highest BCUT2D eigenvalue weighted by molar-refractivity contribution is 6.03. The maximum absolute atomic E-state index is 13.2. The molecule has 0 aliphatic carbocycles. The van der Waals surface area contributed by atoms with E-state index in [1.807, 2.05) is 49.4 Å². The molecule has 3 aromatic rings. The number of carbonyl (C=O) groups excluding carboxylic acids is 1. The van der Waals surface area contributed by atoms with Crippen LogP contribution in [0.15, 0.2) is 71.7 Å². The number of fused-ring (bicyclic) bond motifs is 2. The van der Waals surface area contributed by atoms with Crippen LogP contribution in [0.2, 0.25) is 0 Å². The van der Waals surface area contributed by atoms with E-state index in [1.54, 1.807) is 17.0 Å². The van der Waals surface area contributed by atoms with Crippen molar-refractivity contribution in [3.8, 4) is 11.5 Å². The van der Waals surface area contributed by atoms with Crippen LogP contribution in [0.25, 0.3) is 0 Å². The van der Waals surface area contributed by atoms with Crippen LogP contribution in [0.4, 0.5) is 20.6 Å². The lowest BCUT2D eigenvalue weighted by Gasteiger charge is -2.25. The molecule has 0 radical (unpaired) electrons. The fraction of sp³-hybridized carbons (Fsp3) is 0.231. The van der Waals surface area contributed by atoms with Crippen molar-refractivity contribution in [3.05, 3.63) is 83.7 Å². The molecule has 7 heteroatoms. The first-order chi connectivity index (χ1) is 16.1. The SMILES string of the molecule is Cc1ccc2c(c1)Oc1ccccc1C(N1CCCN(C(=O)Nc3ccc(F)cc3)CC1)=N2. The van der Waals surface area contributed by atoms with Gasteiger partial charge in [0.05, 0.1) is 5.56 Å². The van der Waals surface area contributed by atoms with Gasteiger partial charge in [0.15, 0.2) is 5.75 Å². The fourth-order valence-corrected chi connectivity index (χ4v) is 4.14. The molecular weight excluding hydrogens is 419 g/mol. The topological polar surface area (TPSA) is 57.2 Å². The van der Waals surface area contributed by atoms with E-state index in [1.165, 1.54) is 12.1 Å². The Morgan fingerprint density at radius 2 is 1.79 bits per heavy atom. The van der Waals surface area contributed by atoms with E-state index in [0.717, 1.165) is 47.1 Å². The van der Waals surface area contributed by atoms with Crippen molar-refractivity contribution in [2.24, 2.45) is 4.99 Å². The highest BCUT2D eigenvalue weighted by Crippen LogP contribution is 2.38. The van der Waals surface area contributed by atoms with Crippen molar-refractivity contribution in [1.82, 2.24) is 9.80 Å². The van der Waals surface area contributed by atoms with E-state index in [4.69, 9.17) is 9.73 Å². The number of halogens is 1. The Morgan fingerprint density at radius 3 is 2.64 bits per heavy atom. The first-order valence-electron chi connectivity index (χ1n) is 11.1. The van der Waals surface area contributed by atoms with Crippen molar-refractivity contribution in [2.75, 3.05) is 31.5 Å². The molecule has 1 fully saturated rings. The molecule has 6 nitrogen and oxygen atoms in total. The molecule has 3 aromatic carbocycles. The number of aliphatic imine (C=N–C) groups is 1. The molecule has 0 bridgehead atoms. The van der Waals surface area contributed by atoms with E-state index in [0.29, 0.717) is 25.3 Å². The maximum atomic E-state index is 13.2. The Morgan fingerprint density at radius 1 is 0.970 bits per heavy atom. The molecule has 0 spiro atoms. The van der Waals surface area contributed by atoms with E-state index in [-0.39, 0.29) is 11.8 Å². The second kappa shape index (κ2) is 8.94. The smallest absolute Gasteiger partial charge is 0.321 e. The summed E-state index contributed by atoms with van der Waals surface area (Å²) in [5.74, 6) is 2.04. The molecule has 0 unspecified atom stereocenters. The lowest BCUT2D eigenvalue weighted by molar-refractivity contribution is 0.214. The average molecular weight is 445 g/mol. The van der Waals surface area contributed by atoms with Gasteiger partial charge in [-0.1, -0.05) is 18.2 Å². The summed E-state index contributed by atoms with van der Waals surface area (Å²) in [6.07, 6.45) is 0.805. The summed E-state index contributed by atoms with van der Waals surface area (Å²) in [4.78, 5) is 21.8. The summed E-state index contributed by atoms with van der Waals surface area (Å²) < 4.78 is 19.4. The van der Waals surface area contributed by atoms with Crippen LogP contribution < -0.4 is 10.1 Å². The van der Waals surface area contributed by atoms with Gasteiger partial charge in [-0.2, -0.15) is 0 Å². The Hall–Kier alpha value is -3.87. The molecule has 0 aromatic heterocycles. The number of hydrogen-bond acceptors (Lipinski definition) is 4. The summed E-state index contributed by atoms with van der Waals surface area (Å²) >= 11 is 0.